The lowest BCUT2D eigenvalue weighted by Crippen LogP contribution is -2.32. The number of aryl methyl sites for hydroxylation is 1. The van der Waals surface area contributed by atoms with Crippen molar-refractivity contribution < 1.29 is 18.3 Å². The molecule has 2 aromatic rings. The van der Waals surface area contributed by atoms with Gasteiger partial charge < -0.3 is 14.8 Å². The van der Waals surface area contributed by atoms with Crippen molar-refractivity contribution in [3.05, 3.63) is 82.4 Å². The summed E-state index contributed by atoms with van der Waals surface area (Å²) in [7, 11) is 0. The van der Waals surface area contributed by atoms with E-state index in [-0.39, 0.29) is 17.8 Å². The van der Waals surface area contributed by atoms with Crippen molar-refractivity contribution in [2.75, 3.05) is 19.8 Å². The monoisotopic (exact) mass is 439 g/mol. The second-order valence-electron chi connectivity index (χ2n) is 8.43. The molecule has 0 amide bonds. The molecule has 0 aromatic heterocycles. The first-order chi connectivity index (χ1) is 15.6. The SMILES string of the molecule is CCCc1ccc(C2=CC=C(C3CCC(c4ccc(OCC)c(F)c4F)CO3)CN2)cc1. The summed E-state index contributed by atoms with van der Waals surface area (Å²) in [6.45, 7) is 5.34. The van der Waals surface area contributed by atoms with Crippen molar-refractivity contribution in [3.63, 3.8) is 0 Å². The highest BCUT2D eigenvalue weighted by Crippen LogP contribution is 2.35. The molecule has 0 saturated carbocycles. The van der Waals surface area contributed by atoms with Gasteiger partial charge in [-0.1, -0.05) is 49.8 Å². The maximum atomic E-state index is 14.6. The quantitative estimate of drug-likeness (QED) is 0.561. The summed E-state index contributed by atoms with van der Waals surface area (Å²) in [6, 6.07) is 11.8. The van der Waals surface area contributed by atoms with Crippen molar-refractivity contribution in [1.29, 1.82) is 0 Å². The fourth-order valence-electron chi connectivity index (χ4n) is 4.48. The molecule has 1 saturated heterocycles. The second-order valence-corrected chi connectivity index (χ2v) is 8.43. The summed E-state index contributed by atoms with van der Waals surface area (Å²) in [4.78, 5) is 0. The standard InChI is InChI=1S/C27H31F2NO2/c1-3-5-18-6-8-19(9-7-18)23-13-10-20(16-30-23)24-14-11-21(17-32-24)22-12-15-25(31-4-2)27(29)26(22)28/h6-10,12-13,15,21,24,30H,3-5,11,14,16-17H2,1-2H3. The molecule has 2 unspecified atom stereocenters. The van der Waals surface area contributed by atoms with Crippen LogP contribution in [0.2, 0.25) is 0 Å². The minimum absolute atomic E-state index is 0.000846. The number of dihydropyridines is 1. The Morgan fingerprint density at radius 1 is 1.00 bits per heavy atom. The van der Waals surface area contributed by atoms with Crippen LogP contribution in [0.4, 0.5) is 8.78 Å². The molecule has 2 aliphatic heterocycles. The van der Waals surface area contributed by atoms with Crippen LogP contribution in [-0.4, -0.2) is 25.9 Å². The van der Waals surface area contributed by atoms with Gasteiger partial charge in [0.1, 0.15) is 0 Å². The first-order valence-corrected chi connectivity index (χ1v) is 11.6. The van der Waals surface area contributed by atoms with Crippen LogP contribution in [0.25, 0.3) is 5.70 Å². The van der Waals surface area contributed by atoms with E-state index in [1.165, 1.54) is 22.8 Å². The van der Waals surface area contributed by atoms with Crippen molar-refractivity contribution in [2.24, 2.45) is 0 Å². The number of benzene rings is 2. The molecule has 1 N–H and O–H groups in total. The number of ether oxygens (including phenoxy) is 2. The minimum atomic E-state index is -0.911. The number of nitrogens with one attached hydrogen (secondary N) is 1. The van der Waals surface area contributed by atoms with Gasteiger partial charge in [0.25, 0.3) is 0 Å². The molecule has 1 fully saturated rings. The van der Waals surface area contributed by atoms with Gasteiger partial charge >= 0.3 is 0 Å². The predicted molar refractivity (Wildman–Crippen MR) is 124 cm³/mol. The molecule has 5 heteroatoms. The van der Waals surface area contributed by atoms with E-state index in [0.717, 1.165) is 37.9 Å². The molecule has 3 nitrogen and oxygen atoms in total. The van der Waals surface area contributed by atoms with Gasteiger partial charge in [-0.15, -0.1) is 0 Å². The zero-order valence-electron chi connectivity index (χ0n) is 18.8. The Balaban J connectivity index is 1.38. The molecule has 4 rings (SSSR count). The first kappa shape index (κ1) is 22.5. The minimum Gasteiger partial charge on any atom is -0.491 e. The van der Waals surface area contributed by atoms with E-state index in [0.29, 0.717) is 18.8 Å². The lowest BCUT2D eigenvalue weighted by molar-refractivity contribution is 0.0239. The van der Waals surface area contributed by atoms with E-state index < -0.39 is 11.6 Å². The van der Waals surface area contributed by atoms with E-state index in [9.17, 15) is 8.78 Å². The van der Waals surface area contributed by atoms with Crippen LogP contribution in [-0.2, 0) is 11.2 Å². The topological polar surface area (TPSA) is 30.5 Å². The molecule has 0 aliphatic carbocycles. The van der Waals surface area contributed by atoms with Gasteiger partial charge in [-0.05, 0) is 60.6 Å². The van der Waals surface area contributed by atoms with Gasteiger partial charge in [0.2, 0.25) is 5.82 Å². The van der Waals surface area contributed by atoms with Gasteiger partial charge in [0.15, 0.2) is 11.6 Å². The largest absolute Gasteiger partial charge is 0.491 e. The third-order valence-electron chi connectivity index (χ3n) is 6.26. The van der Waals surface area contributed by atoms with Gasteiger partial charge in [-0.2, -0.15) is 4.39 Å². The average molecular weight is 440 g/mol. The van der Waals surface area contributed by atoms with Crippen LogP contribution in [0.15, 0.2) is 54.1 Å². The molecule has 2 aliphatic rings. The van der Waals surface area contributed by atoms with E-state index in [1.807, 2.05) is 0 Å². The highest BCUT2D eigenvalue weighted by Gasteiger charge is 2.29. The summed E-state index contributed by atoms with van der Waals surface area (Å²) < 4.78 is 40.0. The Bertz CT molecular complexity index is 989. The van der Waals surface area contributed by atoms with Crippen molar-refractivity contribution in [1.82, 2.24) is 5.32 Å². The second kappa shape index (κ2) is 10.3. The number of hydrogen-bond donors (Lipinski definition) is 1. The van der Waals surface area contributed by atoms with Gasteiger partial charge in [0.05, 0.1) is 19.3 Å². The first-order valence-electron chi connectivity index (χ1n) is 11.6. The van der Waals surface area contributed by atoms with E-state index in [4.69, 9.17) is 9.47 Å². The zero-order valence-corrected chi connectivity index (χ0v) is 18.8. The Morgan fingerprint density at radius 3 is 2.44 bits per heavy atom. The number of allylic oxidation sites excluding steroid dienone is 2. The molecule has 2 aromatic carbocycles. The van der Waals surface area contributed by atoms with E-state index >= 15 is 0 Å². The fourth-order valence-corrected chi connectivity index (χ4v) is 4.48. The van der Waals surface area contributed by atoms with E-state index in [1.54, 1.807) is 13.0 Å². The smallest absolute Gasteiger partial charge is 0.200 e. The maximum Gasteiger partial charge on any atom is 0.200 e. The fraction of sp³-hybridized carbons (Fsp3) is 0.407. The summed E-state index contributed by atoms with van der Waals surface area (Å²) >= 11 is 0. The summed E-state index contributed by atoms with van der Waals surface area (Å²) in [5.74, 6) is -1.92. The number of halogens is 2. The third kappa shape index (κ3) is 4.88. The summed E-state index contributed by atoms with van der Waals surface area (Å²) in [5, 5.41) is 3.50. The Labute approximate surface area is 189 Å². The van der Waals surface area contributed by atoms with Crippen LogP contribution in [0.3, 0.4) is 0 Å². The lowest BCUT2D eigenvalue weighted by Gasteiger charge is -2.32. The van der Waals surface area contributed by atoms with Crippen LogP contribution in [0, 0.1) is 11.6 Å². The molecule has 170 valence electrons. The average Bonchev–Trinajstić information content (AvgIpc) is 2.83. The van der Waals surface area contributed by atoms with Crippen LogP contribution < -0.4 is 10.1 Å². The molecular formula is C27H31F2NO2. The maximum absolute atomic E-state index is 14.6. The lowest BCUT2D eigenvalue weighted by atomic mass is 9.88. The van der Waals surface area contributed by atoms with Crippen molar-refractivity contribution in [2.45, 2.75) is 51.6 Å². The molecule has 0 radical (unpaired) electrons. The predicted octanol–water partition coefficient (Wildman–Crippen LogP) is 6.15. The molecule has 0 spiro atoms. The van der Waals surface area contributed by atoms with E-state index in [2.05, 4.69) is 48.7 Å². The van der Waals surface area contributed by atoms with Crippen LogP contribution in [0.1, 0.15) is 55.7 Å². The number of hydrogen-bond acceptors (Lipinski definition) is 3. The summed E-state index contributed by atoms with van der Waals surface area (Å²) in [6.07, 6.45) is 8.01. The van der Waals surface area contributed by atoms with Gasteiger partial charge in [-0.25, -0.2) is 4.39 Å². The Morgan fingerprint density at radius 2 is 1.81 bits per heavy atom. The molecular weight excluding hydrogens is 408 g/mol. The Hall–Kier alpha value is -2.66. The van der Waals surface area contributed by atoms with Gasteiger partial charge in [-0.3, -0.25) is 0 Å². The highest BCUT2D eigenvalue weighted by molar-refractivity contribution is 5.67. The molecule has 2 atom stereocenters. The molecule has 32 heavy (non-hydrogen) atoms. The van der Waals surface area contributed by atoms with Crippen molar-refractivity contribution in [3.8, 4) is 5.75 Å². The molecule has 0 bridgehead atoms. The van der Waals surface area contributed by atoms with Gasteiger partial charge in [0, 0.05) is 18.2 Å². The number of rotatable bonds is 7. The Kier molecular flexibility index (Phi) is 7.26. The molecule has 2 heterocycles. The van der Waals surface area contributed by atoms with Crippen LogP contribution >= 0.6 is 0 Å². The zero-order chi connectivity index (χ0) is 22.5. The highest BCUT2D eigenvalue weighted by atomic mass is 19.2. The summed E-state index contributed by atoms with van der Waals surface area (Å²) in [5.41, 5.74) is 5.20. The third-order valence-corrected chi connectivity index (χ3v) is 6.26. The van der Waals surface area contributed by atoms with Crippen LogP contribution in [0.5, 0.6) is 5.75 Å². The van der Waals surface area contributed by atoms with Crippen molar-refractivity contribution >= 4 is 5.70 Å². The normalized spacial score (nSPS) is 20.9.